The van der Waals surface area contributed by atoms with Crippen LogP contribution in [0, 0.1) is 5.82 Å². The maximum atomic E-state index is 13.1. The first-order valence-electron chi connectivity index (χ1n) is 5.92. The van der Waals surface area contributed by atoms with E-state index in [4.69, 9.17) is 0 Å². The van der Waals surface area contributed by atoms with Gasteiger partial charge in [0.15, 0.2) is 0 Å². The average Bonchev–Trinajstić information content (AvgIpc) is 2.39. The Kier molecular flexibility index (Phi) is 3.92. The summed E-state index contributed by atoms with van der Waals surface area (Å²) in [6, 6.07) is 12.4. The number of para-hydroxylation sites is 1. The number of carbonyl (C=O) groups is 1. The van der Waals surface area contributed by atoms with Gasteiger partial charge in [-0.25, -0.2) is 4.39 Å². The number of hydrogen-bond acceptors (Lipinski definition) is 2. The fourth-order valence-corrected chi connectivity index (χ4v) is 1.80. The summed E-state index contributed by atoms with van der Waals surface area (Å²) in [5.41, 5.74) is 1.37. The lowest BCUT2D eigenvalue weighted by molar-refractivity contribution is 0.102. The van der Waals surface area contributed by atoms with Crippen molar-refractivity contribution in [1.82, 2.24) is 0 Å². The zero-order chi connectivity index (χ0) is 13.8. The molecule has 19 heavy (non-hydrogen) atoms. The van der Waals surface area contributed by atoms with Crippen LogP contribution < -0.4 is 5.32 Å². The zero-order valence-corrected chi connectivity index (χ0v) is 10.4. The van der Waals surface area contributed by atoms with Crippen LogP contribution >= 0.6 is 0 Å². The highest BCUT2D eigenvalue weighted by Gasteiger charge is 2.11. The van der Waals surface area contributed by atoms with Crippen molar-refractivity contribution in [2.75, 3.05) is 5.32 Å². The molecule has 4 heteroatoms. The van der Waals surface area contributed by atoms with Crippen molar-refractivity contribution in [3.8, 4) is 0 Å². The van der Waals surface area contributed by atoms with Crippen LogP contribution in [0.15, 0.2) is 48.5 Å². The molecule has 1 atom stereocenters. The van der Waals surface area contributed by atoms with Crippen molar-refractivity contribution in [2.45, 2.75) is 13.0 Å². The first-order valence-corrected chi connectivity index (χ1v) is 5.92. The van der Waals surface area contributed by atoms with E-state index >= 15 is 0 Å². The standard InChI is InChI=1S/C15H14FNO2/c1-10(18)13-7-2-3-8-14(13)17-15(19)11-5-4-6-12(16)9-11/h2-10,18H,1H3,(H,17,19). The van der Waals surface area contributed by atoms with Crippen LogP contribution in [0.3, 0.4) is 0 Å². The molecule has 0 aliphatic heterocycles. The number of nitrogens with one attached hydrogen (secondary N) is 1. The molecule has 0 bridgehead atoms. The Labute approximate surface area is 110 Å². The van der Waals surface area contributed by atoms with Crippen LogP contribution in [-0.4, -0.2) is 11.0 Å². The topological polar surface area (TPSA) is 49.3 Å². The number of carbonyl (C=O) groups excluding carboxylic acids is 1. The molecule has 0 spiro atoms. The SMILES string of the molecule is CC(O)c1ccccc1NC(=O)c1cccc(F)c1. The molecule has 2 aromatic carbocycles. The van der Waals surface area contributed by atoms with Crippen molar-refractivity contribution < 1.29 is 14.3 Å². The second kappa shape index (κ2) is 5.63. The van der Waals surface area contributed by atoms with Gasteiger partial charge in [0.05, 0.1) is 6.10 Å². The lowest BCUT2D eigenvalue weighted by Crippen LogP contribution is -2.14. The second-order valence-corrected chi connectivity index (χ2v) is 4.23. The fraction of sp³-hybridized carbons (Fsp3) is 0.133. The van der Waals surface area contributed by atoms with Gasteiger partial charge in [-0.1, -0.05) is 24.3 Å². The smallest absolute Gasteiger partial charge is 0.255 e. The molecule has 1 unspecified atom stereocenters. The lowest BCUT2D eigenvalue weighted by Gasteiger charge is -2.13. The van der Waals surface area contributed by atoms with Gasteiger partial charge in [-0.2, -0.15) is 0 Å². The van der Waals surface area contributed by atoms with Gasteiger partial charge in [-0.05, 0) is 31.2 Å². The van der Waals surface area contributed by atoms with Crippen molar-refractivity contribution in [3.63, 3.8) is 0 Å². The summed E-state index contributed by atoms with van der Waals surface area (Å²) in [4.78, 5) is 12.0. The van der Waals surface area contributed by atoms with Gasteiger partial charge in [-0.15, -0.1) is 0 Å². The molecule has 0 aromatic heterocycles. The van der Waals surface area contributed by atoms with Crippen molar-refractivity contribution in [1.29, 1.82) is 0 Å². The number of aliphatic hydroxyl groups excluding tert-OH is 1. The minimum absolute atomic E-state index is 0.236. The number of aliphatic hydroxyl groups is 1. The van der Waals surface area contributed by atoms with Crippen LogP contribution in [0.1, 0.15) is 28.9 Å². The molecule has 2 aromatic rings. The van der Waals surface area contributed by atoms with Gasteiger partial charge in [0.2, 0.25) is 0 Å². The van der Waals surface area contributed by atoms with Crippen molar-refractivity contribution in [2.24, 2.45) is 0 Å². The Bertz CT molecular complexity index is 596. The van der Waals surface area contributed by atoms with E-state index in [1.54, 1.807) is 31.2 Å². The molecule has 2 N–H and O–H groups in total. The molecule has 0 saturated heterocycles. The summed E-state index contributed by atoms with van der Waals surface area (Å²) >= 11 is 0. The van der Waals surface area contributed by atoms with E-state index in [9.17, 15) is 14.3 Å². The molecule has 1 amide bonds. The van der Waals surface area contributed by atoms with E-state index in [2.05, 4.69) is 5.32 Å². The number of hydrogen-bond donors (Lipinski definition) is 2. The van der Waals surface area contributed by atoms with Crippen molar-refractivity contribution in [3.05, 3.63) is 65.5 Å². The number of amides is 1. The zero-order valence-electron chi connectivity index (χ0n) is 10.4. The normalized spacial score (nSPS) is 11.9. The maximum absolute atomic E-state index is 13.1. The molecule has 0 radical (unpaired) electrons. The lowest BCUT2D eigenvalue weighted by atomic mass is 10.1. The van der Waals surface area contributed by atoms with Crippen LogP contribution in [0.4, 0.5) is 10.1 Å². The van der Waals surface area contributed by atoms with E-state index < -0.39 is 17.8 Å². The molecule has 0 aliphatic carbocycles. The third-order valence-electron chi connectivity index (χ3n) is 2.75. The van der Waals surface area contributed by atoms with Crippen LogP contribution in [0.2, 0.25) is 0 Å². The number of anilines is 1. The van der Waals surface area contributed by atoms with Crippen LogP contribution in [-0.2, 0) is 0 Å². The van der Waals surface area contributed by atoms with E-state index in [0.29, 0.717) is 11.3 Å². The van der Waals surface area contributed by atoms with E-state index in [-0.39, 0.29) is 5.56 Å². The Hall–Kier alpha value is -2.20. The van der Waals surface area contributed by atoms with Crippen molar-refractivity contribution >= 4 is 11.6 Å². The van der Waals surface area contributed by atoms with E-state index in [0.717, 1.165) is 0 Å². The first-order chi connectivity index (χ1) is 9.08. The first kappa shape index (κ1) is 13.2. The number of rotatable bonds is 3. The van der Waals surface area contributed by atoms with Gasteiger partial charge < -0.3 is 10.4 Å². The second-order valence-electron chi connectivity index (χ2n) is 4.23. The highest BCUT2D eigenvalue weighted by molar-refractivity contribution is 6.04. The summed E-state index contributed by atoms with van der Waals surface area (Å²) in [5.74, 6) is -0.871. The predicted molar refractivity (Wildman–Crippen MR) is 71.4 cm³/mol. The average molecular weight is 259 g/mol. The van der Waals surface area contributed by atoms with Gasteiger partial charge >= 0.3 is 0 Å². The fourth-order valence-electron chi connectivity index (χ4n) is 1.80. The summed E-state index contributed by atoms with van der Waals surface area (Å²) in [7, 11) is 0. The monoisotopic (exact) mass is 259 g/mol. The third-order valence-corrected chi connectivity index (χ3v) is 2.75. The molecular formula is C15H14FNO2. The summed E-state index contributed by atoms with van der Waals surface area (Å²) in [5, 5.41) is 12.3. The highest BCUT2D eigenvalue weighted by atomic mass is 19.1. The summed E-state index contributed by atoms with van der Waals surface area (Å²) < 4.78 is 13.1. The largest absolute Gasteiger partial charge is 0.389 e. The van der Waals surface area contributed by atoms with Crippen LogP contribution in [0.5, 0.6) is 0 Å². The van der Waals surface area contributed by atoms with E-state index in [1.807, 2.05) is 0 Å². The molecule has 0 saturated carbocycles. The Balaban J connectivity index is 2.24. The summed E-state index contributed by atoms with van der Waals surface area (Å²) in [6.07, 6.45) is -0.691. The van der Waals surface area contributed by atoms with Gasteiger partial charge in [0, 0.05) is 16.8 Å². The molecular weight excluding hydrogens is 245 g/mol. The highest BCUT2D eigenvalue weighted by Crippen LogP contribution is 2.22. The molecule has 0 aliphatic rings. The molecule has 0 heterocycles. The van der Waals surface area contributed by atoms with Gasteiger partial charge in [-0.3, -0.25) is 4.79 Å². The third kappa shape index (κ3) is 3.17. The maximum Gasteiger partial charge on any atom is 0.255 e. The summed E-state index contributed by atoms with van der Waals surface area (Å²) in [6.45, 7) is 1.62. The minimum atomic E-state index is -0.691. The Morgan fingerprint density at radius 2 is 1.95 bits per heavy atom. The molecule has 98 valence electrons. The number of benzene rings is 2. The van der Waals surface area contributed by atoms with E-state index in [1.165, 1.54) is 24.3 Å². The predicted octanol–water partition coefficient (Wildman–Crippen LogP) is 3.13. The Morgan fingerprint density at radius 3 is 2.63 bits per heavy atom. The molecule has 0 fully saturated rings. The molecule has 3 nitrogen and oxygen atoms in total. The molecule has 2 rings (SSSR count). The Morgan fingerprint density at radius 1 is 1.21 bits per heavy atom. The minimum Gasteiger partial charge on any atom is -0.389 e. The van der Waals surface area contributed by atoms with Gasteiger partial charge in [0.1, 0.15) is 5.82 Å². The number of halogens is 1. The van der Waals surface area contributed by atoms with Crippen LogP contribution in [0.25, 0.3) is 0 Å². The quantitative estimate of drug-likeness (QED) is 0.889. The van der Waals surface area contributed by atoms with Gasteiger partial charge in [0.25, 0.3) is 5.91 Å².